The minimum Gasteiger partial charge on any atom is -0.481 e. The van der Waals surface area contributed by atoms with E-state index in [-0.39, 0.29) is 6.10 Å². The van der Waals surface area contributed by atoms with E-state index in [0.717, 1.165) is 48.7 Å². The van der Waals surface area contributed by atoms with E-state index in [1.54, 1.807) is 19.5 Å². The molecule has 4 heterocycles. The first-order valence-electron chi connectivity index (χ1n) is 8.01. The van der Waals surface area contributed by atoms with Crippen molar-refractivity contribution in [1.29, 1.82) is 0 Å². The Kier molecular flexibility index (Phi) is 3.78. The highest BCUT2D eigenvalue weighted by atomic mass is 16.5. The maximum Gasteiger partial charge on any atom is 0.212 e. The average Bonchev–Trinajstić information content (AvgIpc) is 3.07. The topological polar surface area (TPSA) is 75.8 Å². The van der Waals surface area contributed by atoms with Crippen LogP contribution in [-0.4, -0.2) is 50.8 Å². The SMILES string of the molecule is COc1ccc(-c2cnc3cncc(N4CCC(O)CC4)n23)cn1. The Balaban J connectivity index is 1.79. The van der Waals surface area contributed by atoms with Gasteiger partial charge in [-0.3, -0.25) is 9.38 Å². The van der Waals surface area contributed by atoms with E-state index in [0.29, 0.717) is 5.88 Å². The van der Waals surface area contributed by atoms with Crippen molar-refractivity contribution < 1.29 is 9.84 Å². The van der Waals surface area contributed by atoms with Gasteiger partial charge in [0.1, 0.15) is 5.82 Å². The van der Waals surface area contributed by atoms with E-state index < -0.39 is 0 Å². The van der Waals surface area contributed by atoms with Crippen molar-refractivity contribution in [1.82, 2.24) is 19.4 Å². The third-order valence-electron chi connectivity index (χ3n) is 4.43. The van der Waals surface area contributed by atoms with Crippen LogP contribution < -0.4 is 9.64 Å². The molecule has 7 heteroatoms. The highest BCUT2D eigenvalue weighted by Crippen LogP contribution is 2.27. The number of aliphatic hydroxyl groups is 1. The Bertz CT molecular complexity index is 838. The van der Waals surface area contributed by atoms with Crippen LogP contribution in [0.5, 0.6) is 5.88 Å². The van der Waals surface area contributed by atoms with Crippen molar-refractivity contribution in [2.45, 2.75) is 18.9 Å². The maximum atomic E-state index is 9.75. The predicted molar refractivity (Wildman–Crippen MR) is 90.2 cm³/mol. The zero-order valence-corrected chi connectivity index (χ0v) is 13.5. The molecule has 4 rings (SSSR count). The third kappa shape index (κ3) is 2.56. The molecule has 0 radical (unpaired) electrons. The number of aliphatic hydroxyl groups excluding tert-OH is 1. The van der Waals surface area contributed by atoms with Crippen molar-refractivity contribution in [2.75, 3.05) is 25.1 Å². The summed E-state index contributed by atoms with van der Waals surface area (Å²) in [5, 5.41) is 9.75. The van der Waals surface area contributed by atoms with Crippen molar-refractivity contribution in [3.63, 3.8) is 0 Å². The molecule has 3 aromatic heterocycles. The van der Waals surface area contributed by atoms with E-state index in [1.165, 1.54) is 0 Å². The molecule has 0 spiro atoms. The molecular weight excluding hydrogens is 306 g/mol. The van der Waals surface area contributed by atoms with Crippen molar-refractivity contribution >= 4 is 11.5 Å². The first-order chi connectivity index (χ1) is 11.8. The molecule has 0 unspecified atom stereocenters. The van der Waals surface area contributed by atoms with Crippen LogP contribution in [0.25, 0.3) is 16.9 Å². The van der Waals surface area contributed by atoms with E-state index in [9.17, 15) is 5.11 Å². The Labute approximate surface area is 139 Å². The second kappa shape index (κ2) is 6.09. The summed E-state index contributed by atoms with van der Waals surface area (Å²) in [4.78, 5) is 15.3. The van der Waals surface area contributed by atoms with E-state index in [1.807, 2.05) is 24.5 Å². The Morgan fingerprint density at radius 3 is 2.62 bits per heavy atom. The summed E-state index contributed by atoms with van der Waals surface area (Å²) in [6, 6.07) is 3.81. The number of aromatic nitrogens is 4. The largest absolute Gasteiger partial charge is 0.481 e. The summed E-state index contributed by atoms with van der Waals surface area (Å²) < 4.78 is 7.22. The van der Waals surface area contributed by atoms with Crippen LogP contribution in [0.2, 0.25) is 0 Å². The fraction of sp³-hybridized carbons (Fsp3) is 0.353. The summed E-state index contributed by atoms with van der Waals surface area (Å²) in [5.74, 6) is 1.57. The third-order valence-corrected chi connectivity index (χ3v) is 4.43. The van der Waals surface area contributed by atoms with Gasteiger partial charge >= 0.3 is 0 Å². The molecule has 0 aromatic carbocycles. The van der Waals surface area contributed by atoms with Crippen molar-refractivity contribution in [3.8, 4) is 17.1 Å². The lowest BCUT2D eigenvalue weighted by Gasteiger charge is -2.31. The number of rotatable bonds is 3. The summed E-state index contributed by atoms with van der Waals surface area (Å²) in [5.41, 5.74) is 2.72. The van der Waals surface area contributed by atoms with Gasteiger partial charge in [0, 0.05) is 30.9 Å². The van der Waals surface area contributed by atoms with Crippen LogP contribution in [0.1, 0.15) is 12.8 Å². The van der Waals surface area contributed by atoms with Crippen LogP contribution in [0.3, 0.4) is 0 Å². The number of pyridine rings is 1. The van der Waals surface area contributed by atoms with Gasteiger partial charge in [0.25, 0.3) is 0 Å². The lowest BCUT2D eigenvalue weighted by Crippen LogP contribution is -2.36. The molecule has 0 saturated carbocycles. The summed E-state index contributed by atoms with van der Waals surface area (Å²) in [6.45, 7) is 1.61. The molecule has 1 aliphatic heterocycles. The maximum absolute atomic E-state index is 9.75. The number of hydrogen-bond acceptors (Lipinski definition) is 6. The Hall–Kier alpha value is -2.67. The van der Waals surface area contributed by atoms with Crippen LogP contribution in [-0.2, 0) is 0 Å². The Morgan fingerprint density at radius 1 is 1.08 bits per heavy atom. The van der Waals surface area contributed by atoms with Crippen LogP contribution >= 0.6 is 0 Å². The minimum atomic E-state index is -0.207. The number of methoxy groups -OCH3 is 1. The fourth-order valence-electron chi connectivity index (χ4n) is 3.10. The van der Waals surface area contributed by atoms with E-state index >= 15 is 0 Å². The number of anilines is 1. The van der Waals surface area contributed by atoms with Gasteiger partial charge in [-0.05, 0) is 18.9 Å². The van der Waals surface area contributed by atoms with Crippen LogP contribution in [0.15, 0.2) is 36.9 Å². The average molecular weight is 325 g/mol. The molecule has 0 aliphatic carbocycles. The molecule has 0 amide bonds. The van der Waals surface area contributed by atoms with Gasteiger partial charge in [-0.1, -0.05) is 0 Å². The predicted octanol–water partition coefficient (Wildman–Crippen LogP) is 1.76. The fourth-order valence-corrected chi connectivity index (χ4v) is 3.10. The first-order valence-corrected chi connectivity index (χ1v) is 8.01. The Morgan fingerprint density at radius 2 is 1.92 bits per heavy atom. The molecule has 0 bridgehead atoms. The highest BCUT2D eigenvalue weighted by molar-refractivity contribution is 5.66. The second-order valence-corrected chi connectivity index (χ2v) is 5.91. The van der Waals surface area contributed by atoms with E-state index in [4.69, 9.17) is 4.74 Å². The van der Waals surface area contributed by atoms with Crippen molar-refractivity contribution in [2.24, 2.45) is 0 Å². The van der Waals surface area contributed by atoms with Crippen molar-refractivity contribution in [3.05, 3.63) is 36.9 Å². The smallest absolute Gasteiger partial charge is 0.212 e. The van der Waals surface area contributed by atoms with Gasteiger partial charge in [-0.15, -0.1) is 0 Å². The van der Waals surface area contributed by atoms with Gasteiger partial charge in [0.05, 0.1) is 37.5 Å². The van der Waals surface area contributed by atoms with Gasteiger partial charge < -0.3 is 14.7 Å². The zero-order valence-electron chi connectivity index (χ0n) is 13.5. The molecule has 1 aliphatic rings. The van der Waals surface area contributed by atoms with Gasteiger partial charge in [-0.25, -0.2) is 9.97 Å². The lowest BCUT2D eigenvalue weighted by molar-refractivity contribution is 0.145. The number of fused-ring (bicyclic) bond motifs is 1. The molecule has 3 aromatic rings. The molecule has 0 atom stereocenters. The molecule has 7 nitrogen and oxygen atoms in total. The van der Waals surface area contributed by atoms with Gasteiger partial charge in [0.2, 0.25) is 5.88 Å². The van der Waals surface area contributed by atoms with E-state index in [2.05, 4.69) is 24.3 Å². The second-order valence-electron chi connectivity index (χ2n) is 5.91. The standard InChI is InChI=1S/C17H19N5O2/c1-24-16-3-2-12(8-20-16)14-9-19-15-10-18-11-17(22(14)15)21-6-4-13(23)5-7-21/h2-3,8-11,13,23H,4-7H2,1H3. The first kappa shape index (κ1) is 14.9. The van der Waals surface area contributed by atoms with Crippen LogP contribution in [0, 0.1) is 0 Å². The molecule has 1 fully saturated rings. The summed E-state index contributed by atoms with van der Waals surface area (Å²) >= 11 is 0. The van der Waals surface area contributed by atoms with Gasteiger partial charge in [-0.2, -0.15) is 0 Å². The number of piperidine rings is 1. The molecule has 124 valence electrons. The normalized spacial score (nSPS) is 15.8. The van der Waals surface area contributed by atoms with Crippen LogP contribution in [0.4, 0.5) is 5.82 Å². The summed E-state index contributed by atoms with van der Waals surface area (Å²) in [7, 11) is 1.60. The number of nitrogens with zero attached hydrogens (tertiary/aromatic N) is 5. The molecular formula is C17H19N5O2. The number of ether oxygens (including phenoxy) is 1. The minimum absolute atomic E-state index is 0.207. The molecule has 1 saturated heterocycles. The monoisotopic (exact) mass is 325 g/mol. The van der Waals surface area contributed by atoms with Gasteiger partial charge in [0.15, 0.2) is 5.65 Å². The number of hydrogen-bond donors (Lipinski definition) is 1. The highest BCUT2D eigenvalue weighted by Gasteiger charge is 2.21. The summed E-state index contributed by atoms with van der Waals surface area (Å²) in [6.07, 6.45) is 8.56. The molecule has 1 N–H and O–H groups in total. The lowest BCUT2D eigenvalue weighted by atomic mass is 10.1. The number of imidazole rings is 1. The molecule has 24 heavy (non-hydrogen) atoms. The zero-order chi connectivity index (χ0) is 16.5. The quantitative estimate of drug-likeness (QED) is 0.791.